The minimum atomic E-state index is -3.28. The van der Waals surface area contributed by atoms with Crippen molar-refractivity contribution in [3.8, 4) is 0 Å². The Morgan fingerprint density at radius 3 is 2.53 bits per heavy atom. The van der Waals surface area contributed by atoms with Gasteiger partial charge >= 0.3 is 5.97 Å². The van der Waals surface area contributed by atoms with Crippen LogP contribution in [0.25, 0.3) is 0 Å². The Bertz CT molecular complexity index is 504. The summed E-state index contributed by atoms with van der Waals surface area (Å²) in [7, 11) is -0.662. The Balaban J connectivity index is 3.07. The lowest BCUT2D eigenvalue weighted by Gasteiger charge is -1.96. The molecule has 0 saturated carbocycles. The zero-order valence-electron chi connectivity index (χ0n) is 9.72. The number of oxazole rings is 1. The molecule has 1 aromatic rings. The van der Waals surface area contributed by atoms with Gasteiger partial charge in [-0.3, -0.25) is 0 Å². The number of sulfone groups is 1. The monoisotopic (exact) mass is 263 g/mol. The molecule has 0 aromatic carbocycles. The third kappa shape index (κ3) is 3.82. The highest BCUT2D eigenvalue weighted by Crippen LogP contribution is 2.15. The molecule has 0 radical (unpaired) electrons. The van der Waals surface area contributed by atoms with Crippen LogP contribution in [0.4, 0.5) is 0 Å². The maximum atomic E-state index is 11.3. The van der Waals surface area contributed by atoms with Gasteiger partial charge in [0.25, 0.3) is 0 Å². The molecule has 8 heteroatoms. The smallest absolute Gasteiger partial charge is 0.376 e. The highest BCUT2D eigenvalue weighted by molar-refractivity contribution is 7.89. The number of hydrogen-bond acceptors (Lipinski definition) is 7. The van der Waals surface area contributed by atoms with Crippen molar-refractivity contribution in [1.29, 1.82) is 0 Å². The van der Waals surface area contributed by atoms with Gasteiger partial charge in [0.2, 0.25) is 11.7 Å². The molecule has 0 atom stereocenters. The van der Waals surface area contributed by atoms with E-state index in [0.29, 0.717) is 0 Å². The summed E-state index contributed by atoms with van der Waals surface area (Å²) < 4.78 is 36.5. The van der Waals surface area contributed by atoms with Crippen LogP contribution in [0.1, 0.15) is 22.1 Å². The lowest BCUT2D eigenvalue weighted by atomic mass is 10.3. The summed E-state index contributed by atoms with van der Waals surface area (Å²) in [6.45, 7) is 0.0394. The third-order valence-electron chi connectivity index (χ3n) is 1.78. The Hall–Kier alpha value is -1.41. The Morgan fingerprint density at radius 2 is 2.06 bits per heavy atom. The van der Waals surface area contributed by atoms with E-state index in [2.05, 4.69) is 9.72 Å². The largest absolute Gasteiger partial charge is 0.463 e. The predicted molar refractivity (Wildman–Crippen MR) is 57.1 cm³/mol. The molecule has 7 nitrogen and oxygen atoms in total. The van der Waals surface area contributed by atoms with Crippen molar-refractivity contribution in [3.63, 3.8) is 0 Å². The number of rotatable bonds is 5. The molecular formula is C9H13NO6S. The first-order chi connectivity index (χ1) is 7.87. The van der Waals surface area contributed by atoms with Gasteiger partial charge in [-0.05, 0) is 0 Å². The first-order valence-corrected chi connectivity index (χ1v) is 6.67. The summed E-state index contributed by atoms with van der Waals surface area (Å²) in [6.07, 6.45) is 1.05. The lowest BCUT2D eigenvalue weighted by Crippen LogP contribution is -2.04. The summed E-state index contributed by atoms with van der Waals surface area (Å²) in [5.74, 6) is -1.28. The van der Waals surface area contributed by atoms with Crippen LogP contribution in [-0.2, 0) is 31.7 Å². The van der Waals surface area contributed by atoms with E-state index in [9.17, 15) is 13.2 Å². The van der Waals surface area contributed by atoms with E-state index >= 15 is 0 Å². The molecule has 0 N–H and O–H groups in total. The Kier molecular flexibility index (Phi) is 4.24. The van der Waals surface area contributed by atoms with Crippen molar-refractivity contribution < 1.29 is 27.1 Å². The lowest BCUT2D eigenvalue weighted by molar-refractivity contribution is 0.0557. The van der Waals surface area contributed by atoms with E-state index in [0.717, 1.165) is 6.26 Å². The van der Waals surface area contributed by atoms with Crippen molar-refractivity contribution in [2.24, 2.45) is 0 Å². The van der Waals surface area contributed by atoms with Crippen LogP contribution in [-0.4, -0.2) is 39.8 Å². The van der Waals surface area contributed by atoms with Gasteiger partial charge < -0.3 is 13.9 Å². The number of ether oxygens (including phenoxy) is 2. The number of aromatic nitrogens is 1. The van der Waals surface area contributed by atoms with Gasteiger partial charge in [0.05, 0.1) is 13.7 Å². The summed E-state index contributed by atoms with van der Waals surface area (Å²) in [4.78, 5) is 15.2. The molecule has 1 aromatic heterocycles. The number of esters is 1. The first kappa shape index (κ1) is 13.7. The van der Waals surface area contributed by atoms with Crippen LogP contribution in [0.5, 0.6) is 0 Å². The van der Waals surface area contributed by atoms with Crippen LogP contribution in [0.3, 0.4) is 0 Å². The quantitative estimate of drug-likeness (QED) is 0.698. The van der Waals surface area contributed by atoms with Crippen LogP contribution in [0.2, 0.25) is 0 Å². The van der Waals surface area contributed by atoms with E-state index in [1.165, 1.54) is 14.2 Å². The van der Waals surface area contributed by atoms with Crippen molar-refractivity contribution in [2.45, 2.75) is 12.4 Å². The highest BCUT2D eigenvalue weighted by Gasteiger charge is 2.22. The molecule has 1 heterocycles. The van der Waals surface area contributed by atoms with Crippen molar-refractivity contribution in [2.75, 3.05) is 20.5 Å². The Labute approximate surface area is 98.6 Å². The molecule has 96 valence electrons. The molecule has 0 fully saturated rings. The predicted octanol–water partition coefficient (Wildman–Crippen LogP) is 0.152. The minimum absolute atomic E-state index is 0.0394. The fourth-order valence-electron chi connectivity index (χ4n) is 1.17. The average molecular weight is 263 g/mol. The molecule has 0 aliphatic carbocycles. The third-order valence-corrected chi connectivity index (χ3v) is 2.55. The number of methoxy groups -OCH3 is 2. The van der Waals surface area contributed by atoms with Gasteiger partial charge in [-0.1, -0.05) is 0 Å². The van der Waals surface area contributed by atoms with Crippen LogP contribution < -0.4 is 0 Å². The second-order valence-electron chi connectivity index (χ2n) is 3.38. The fourth-order valence-corrected chi connectivity index (χ4v) is 1.75. The van der Waals surface area contributed by atoms with Gasteiger partial charge in [0, 0.05) is 13.4 Å². The average Bonchev–Trinajstić information content (AvgIpc) is 2.58. The standard InChI is InChI=1S/C9H13NO6S/c1-14-4-6-8(9(11)15-2)16-7(10-6)5-17(3,12)13/h4-5H2,1-3H3. The molecule has 0 aliphatic rings. The van der Waals surface area contributed by atoms with Crippen LogP contribution in [0, 0.1) is 0 Å². The minimum Gasteiger partial charge on any atom is -0.463 e. The van der Waals surface area contributed by atoms with Gasteiger partial charge in [-0.25, -0.2) is 18.2 Å². The number of nitrogens with zero attached hydrogens (tertiary/aromatic N) is 1. The summed E-state index contributed by atoms with van der Waals surface area (Å²) in [5.41, 5.74) is 0.220. The molecule has 0 bridgehead atoms. The van der Waals surface area contributed by atoms with E-state index in [1.54, 1.807) is 0 Å². The van der Waals surface area contributed by atoms with Crippen LogP contribution >= 0.6 is 0 Å². The number of carbonyl (C=O) groups excluding carboxylic acids is 1. The molecular weight excluding hydrogens is 250 g/mol. The SMILES string of the molecule is COCc1nc(CS(C)(=O)=O)oc1C(=O)OC. The molecule has 0 amide bonds. The second kappa shape index (κ2) is 5.28. The van der Waals surface area contributed by atoms with Crippen molar-refractivity contribution in [3.05, 3.63) is 17.3 Å². The van der Waals surface area contributed by atoms with Crippen molar-refractivity contribution >= 4 is 15.8 Å². The molecule has 17 heavy (non-hydrogen) atoms. The first-order valence-electron chi connectivity index (χ1n) is 4.61. The highest BCUT2D eigenvalue weighted by atomic mass is 32.2. The number of hydrogen-bond donors (Lipinski definition) is 0. The van der Waals surface area contributed by atoms with Gasteiger partial charge in [-0.15, -0.1) is 0 Å². The van der Waals surface area contributed by atoms with Crippen LogP contribution in [0.15, 0.2) is 4.42 Å². The zero-order valence-corrected chi connectivity index (χ0v) is 10.5. The molecule has 0 unspecified atom stereocenters. The summed E-state index contributed by atoms with van der Waals surface area (Å²) in [6, 6.07) is 0. The Morgan fingerprint density at radius 1 is 1.41 bits per heavy atom. The summed E-state index contributed by atoms with van der Waals surface area (Å²) >= 11 is 0. The second-order valence-corrected chi connectivity index (χ2v) is 5.52. The van der Waals surface area contributed by atoms with E-state index < -0.39 is 15.8 Å². The maximum Gasteiger partial charge on any atom is 0.376 e. The summed E-state index contributed by atoms with van der Waals surface area (Å²) in [5, 5.41) is 0. The molecule has 0 spiro atoms. The van der Waals surface area contributed by atoms with Crippen molar-refractivity contribution in [1.82, 2.24) is 4.98 Å². The molecule has 0 aliphatic heterocycles. The fraction of sp³-hybridized carbons (Fsp3) is 0.556. The zero-order chi connectivity index (χ0) is 13.1. The number of carbonyl (C=O) groups is 1. The van der Waals surface area contributed by atoms with Gasteiger partial charge in [-0.2, -0.15) is 0 Å². The molecule has 0 saturated heterocycles. The normalized spacial score (nSPS) is 11.5. The van der Waals surface area contributed by atoms with E-state index in [-0.39, 0.29) is 29.7 Å². The van der Waals surface area contributed by atoms with E-state index in [4.69, 9.17) is 9.15 Å². The van der Waals surface area contributed by atoms with Gasteiger partial charge in [0.1, 0.15) is 11.4 Å². The topological polar surface area (TPSA) is 95.7 Å². The molecule has 1 rings (SSSR count). The maximum absolute atomic E-state index is 11.3. The van der Waals surface area contributed by atoms with E-state index in [1.807, 2.05) is 0 Å². The van der Waals surface area contributed by atoms with Gasteiger partial charge in [0.15, 0.2) is 9.84 Å².